The van der Waals surface area contributed by atoms with Crippen LogP contribution in [0.25, 0.3) is 0 Å². The van der Waals surface area contributed by atoms with E-state index in [9.17, 15) is 0 Å². The Hall–Kier alpha value is -0.860. The third-order valence-corrected chi connectivity index (χ3v) is 2.07. The highest BCUT2D eigenvalue weighted by Crippen LogP contribution is 2.07. The van der Waals surface area contributed by atoms with Gasteiger partial charge in [0.25, 0.3) is 0 Å². The van der Waals surface area contributed by atoms with Crippen molar-refractivity contribution in [2.24, 2.45) is 0 Å². The Morgan fingerprint density at radius 3 is 2.67 bits per heavy atom. The van der Waals surface area contributed by atoms with E-state index < -0.39 is 0 Å². The quantitative estimate of drug-likeness (QED) is 0.729. The van der Waals surface area contributed by atoms with Crippen LogP contribution in [0, 0.1) is 0 Å². The zero-order valence-electron chi connectivity index (χ0n) is 6.99. The lowest BCUT2D eigenvalue weighted by atomic mass is 10.2. The average molecular weight is 163 g/mol. The predicted octanol–water partition coefficient (Wildman–Crippen LogP) is 1.52. The van der Waals surface area contributed by atoms with Crippen LogP contribution in [-0.2, 0) is 11.3 Å². The van der Waals surface area contributed by atoms with E-state index in [0.717, 1.165) is 19.6 Å². The van der Waals surface area contributed by atoms with E-state index in [-0.39, 0.29) is 0 Å². The summed E-state index contributed by atoms with van der Waals surface area (Å²) in [4.78, 5) is 0. The van der Waals surface area contributed by atoms with Crippen LogP contribution in [0.4, 0.5) is 0 Å². The molecule has 1 aromatic rings. The Balaban J connectivity index is 1.79. The maximum atomic E-state index is 5.55. The molecule has 0 aliphatic carbocycles. The van der Waals surface area contributed by atoms with Gasteiger partial charge in [0.2, 0.25) is 0 Å². The minimum absolute atomic E-state index is 0.296. The molecule has 0 amide bonds. The summed E-state index contributed by atoms with van der Waals surface area (Å²) in [7, 11) is 0. The van der Waals surface area contributed by atoms with Crippen molar-refractivity contribution in [2.45, 2.75) is 19.3 Å². The van der Waals surface area contributed by atoms with Crippen LogP contribution in [0.15, 0.2) is 30.3 Å². The molecule has 64 valence electrons. The van der Waals surface area contributed by atoms with Crippen molar-refractivity contribution in [3.63, 3.8) is 0 Å². The molecule has 1 atom stereocenters. The lowest BCUT2D eigenvalue weighted by Gasteiger charge is -2.27. The first-order valence-electron chi connectivity index (χ1n) is 4.34. The molecule has 2 rings (SSSR count). The van der Waals surface area contributed by atoms with E-state index in [4.69, 9.17) is 4.74 Å². The number of nitrogens with one attached hydrogen (secondary N) is 1. The summed E-state index contributed by atoms with van der Waals surface area (Å²) in [6.45, 7) is 1.82. The average Bonchev–Trinajstić information content (AvgIpc) is 2.04. The largest absolute Gasteiger partial charge is 0.359 e. The normalized spacial score (nSPS) is 21.8. The molecule has 1 saturated heterocycles. The van der Waals surface area contributed by atoms with Gasteiger partial charge >= 0.3 is 0 Å². The zero-order valence-corrected chi connectivity index (χ0v) is 6.99. The van der Waals surface area contributed by atoms with E-state index in [1.54, 1.807) is 0 Å². The van der Waals surface area contributed by atoms with Gasteiger partial charge in [0, 0.05) is 6.54 Å². The summed E-state index contributed by atoms with van der Waals surface area (Å²) in [6, 6.07) is 10.3. The van der Waals surface area contributed by atoms with E-state index >= 15 is 0 Å². The maximum Gasteiger partial charge on any atom is 0.109 e. The molecule has 0 spiro atoms. The molecular weight excluding hydrogens is 150 g/mol. The summed E-state index contributed by atoms with van der Waals surface area (Å²) in [5.41, 5.74) is 1.24. The minimum atomic E-state index is 0.296. The maximum absolute atomic E-state index is 5.55. The summed E-state index contributed by atoms with van der Waals surface area (Å²) in [6.07, 6.45) is 1.44. The van der Waals surface area contributed by atoms with Gasteiger partial charge < -0.3 is 4.74 Å². The standard InChI is InChI=1S/C10H13NO/c1-2-4-9(5-3-1)8-12-10-6-7-11-10/h1-5,10-11H,6-8H2. The van der Waals surface area contributed by atoms with Crippen molar-refractivity contribution >= 4 is 0 Å². The summed E-state index contributed by atoms with van der Waals surface area (Å²) < 4.78 is 5.55. The fourth-order valence-corrected chi connectivity index (χ4v) is 1.18. The summed E-state index contributed by atoms with van der Waals surface area (Å²) >= 11 is 0. The highest BCUT2D eigenvalue weighted by Gasteiger charge is 2.15. The molecular formula is C10H13NO. The zero-order chi connectivity index (χ0) is 8.23. The second-order valence-electron chi connectivity index (χ2n) is 3.03. The third kappa shape index (κ3) is 1.84. The predicted molar refractivity (Wildman–Crippen MR) is 47.6 cm³/mol. The molecule has 1 unspecified atom stereocenters. The summed E-state index contributed by atoms with van der Waals surface area (Å²) in [5.74, 6) is 0. The molecule has 1 fully saturated rings. The molecule has 1 aliphatic heterocycles. The van der Waals surface area contributed by atoms with Gasteiger partial charge in [-0.2, -0.15) is 0 Å². The molecule has 0 bridgehead atoms. The van der Waals surface area contributed by atoms with Crippen molar-refractivity contribution in [1.82, 2.24) is 5.32 Å². The van der Waals surface area contributed by atoms with Crippen molar-refractivity contribution < 1.29 is 4.74 Å². The van der Waals surface area contributed by atoms with Gasteiger partial charge in [-0.3, -0.25) is 5.32 Å². The van der Waals surface area contributed by atoms with Gasteiger partial charge in [0.1, 0.15) is 6.23 Å². The smallest absolute Gasteiger partial charge is 0.109 e. The van der Waals surface area contributed by atoms with Crippen molar-refractivity contribution in [2.75, 3.05) is 6.54 Å². The summed E-state index contributed by atoms with van der Waals surface area (Å²) in [5, 5.41) is 3.19. The monoisotopic (exact) mass is 163 g/mol. The van der Waals surface area contributed by atoms with Gasteiger partial charge in [0.15, 0.2) is 0 Å². The van der Waals surface area contributed by atoms with Gasteiger partial charge in [-0.25, -0.2) is 0 Å². The van der Waals surface area contributed by atoms with Crippen molar-refractivity contribution in [3.8, 4) is 0 Å². The molecule has 0 aromatic heterocycles. The van der Waals surface area contributed by atoms with E-state index in [0.29, 0.717) is 6.23 Å². The van der Waals surface area contributed by atoms with Crippen LogP contribution in [0.1, 0.15) is 12.0 Å². The Labute approximate surface area is 72.5 Å². The molecule has 1 aliphatic rings. The van der Waals surface area contributed by atoms with Gasteiger partial charge in [-0.05, 0) is 12.0 Å². The molecule has 1 heterocycles. The fourth-order valence-electron chi connectivity index (χ4n) is 1.18. The van der Waals surface area contributed by atoms with Crippen LogP contribution in [0.2, 0.25) is 0 Å². The SMILES string of the molecule is c1ccc(COC2CCN2)cc1. The van der Waals surface area contributed by atoms with Crippen LogP contribution >= 0.6 is 0 Å². The van der Waals surface area contributed by atoms with Crippen LogP contribution in [0.5, 0.6) is 0 Å². The number of hydrogen-bond donors (Lipinski definition) is 1. The Morgan fingerprint density at radius 1 is 1.33 bits per heavy atom. The molecule has 2 nitrogen and oxygen atoms in total. The molecule has 1 N–H and O–H groups in total. The van der Waals surface area contributed by atoms with Gasteiger partial charge in [-0.15, -0.1) is 0 Å². The topological polar surface area (TPSA) is 21.3 Å². The molecule has 0 saturated carbocycles. The van der Waals surface area contributed by atoms with E-state index in [2.05, 4.69) is 17.4 Å². The molecule has 1 aromatic carbocycles. The van der Waals surface area contributed by atoms with Crippen LogP contribution in [-0.4, -0.2) is 12.8 Å². The van der Waals surface area contributed by atoms with E-state index in [1.165, 1.54) is 5.56 Å². The van der Waals surface area contributed by atoms with Gasteiger partial charge in [-0.1, -0.05) is 30.3 Å². The number of benzene rings is 1. The molecule has 0 radical (unpaired) electrons. The Bertz CT molecular complexity index is 231. The lowest BCUT2D eigenvalue weighted by molar-refractivity contribution is -0.0239. The van der Waals surface area contributed by atoms with Crippen LogP contribution < -0.4 is 5.32 Å². The lowest BCUT2D eigenvalue weighted by Crippen LogP contribution is -2.44. The van der Waals surface area contributed by atoms with Gasteiger partial charge in [0.05, 0.1) is 6.61 Å². The first-order chi connectivity index (χ1) is 5.95. The molecule has 2 heteroatoms. The second kappa shape index (κ2) is 3.70. The highest BCUT2D eigenvalue weighted by molar-refractivity contribution is 5.13. The first-order valence-corrected chi connectivity index (χ1v) is 4.34. The third-order valence-electron chi connectivity index (χ3n) is 2.07. The fraction of sp³-hybridized carbons (Fsp3) is 0.400. The molecule has 12 heavy (non-hydrogen) atoms. The Kier molecular flexibility index (Phi) is 2.39. The van der Waals surface area contributed by atoms with Crippen molar-refractivity contribution in [3.05, 3.63) is 35.9 Å². The van der Waals surface area contributed by atoms with Crippen LogP contribution in [0.3, 0.4) is 0 Å². The minimum Gasteiger partial charge on any atom is -0.359 e. The number of hydrogen-bond acceptors (Lipinski definition) is 2. The second-order valence-corrected chi connectivity index (χ2v) is 3.03. The Morgan fingerprint density at radius 2 is 2.08 bits per heavy atom. The number of ether oxygens (including phenoxy) is 1. The highest BCUT2D eigenvalue weighted by atomic mass is 16.5. The first kappa shape index (κ1) is 7.77. The number of rotatable bonds is 3. The van der Waals surface area contributed by atoms with E-state index in [1.807, 2.05) is 18.2 Å². The van der Waals surface area contributed by atoms with Crippen molar-refractivity contribution in [1.29, 1.82) is 0 Å².